The third-order valence-electron chi connectivity index (χ3n) is 3.66. The number of nitrogens with two attached hydrogens (primary N) is 1. The van der Waals surface area contributed by atoms with Crippen molar-refractivity contribution in [2.24, 2.45) is 5.14 Å². The molecule has 0 aliphatic rings. The number of anilines is 2. The number of rotatable bonds is 7. The van der Waals surface area contributed by atoms with E-state index in [9.17, 15) is 4.79 Å². The van der Waals surface area contributed by atoms with E-state index in [1.54, 1.807) is 0 Å². The lowest BCUT2D eigenvalue weighted by molar-refractivity contribution is 0.0691. The zero-order valence-corrected chi connectivity index (χ0v) is 15.2. The van der Waals surface area contributed by atoms with Crippen molar-refractivity contribution in [3.05, 3.63) is 70.7 Å². The van der Waals surface area contributed by atoms with E-state index in [1.807, 2.05) is 48.5 Å². The molecule has 0 saturated carbocycles. The van der Waals surface area contributed by atoms with E-state index in [0.717, 1.165) is 21.7 Å². The van der Waals surface area contributed by atoms with Crippen LogP contribution in [0.15, 0.2) is 58.8 Å². The number of benzene rings is 2. The Morgan fingerprint density at radius 1 is 1.23 bits per heavy atom. The SMILES string of the molecule is N=C(Cc1ccc(SN)cc1)c1ccccc1Nc1nc(C(=O)O)cs1. The predicted molar refractivity (Wildman–Crippen MR) is 106 cm³/mol. The number of aromatic carboxylic acids is 1. The van der Waals surface area contributed by atoms with Gasteiger partial charge in [0.2, 0.25) is 0 Å². The number of aromatic nitrogens is 1. The van der Waals surface area contributed by atoms with Crippen LogP contribution in [0.2, 0.25) is 0 Å². The van der Waals surface area contributed by atoms with Gasteiger partial charge in [0.25, 0.3) is 0 Å². The predicted octanol–water partition coefficient (Wildman–Crippen LogP) is 4.16. The highest BCUT2D eigenvalue weighted by atomic mass is 32.2. The van der Waals surface area contributed by atoms with Crippen LogP contribution in [0.25, 0.3) is 0 Å². The Bertz CT molecular complexity index is 938. The van der Waals surface area contributed by atoms with Gasteiger partial charge in [0.05, 0.1) is 0 Å². The van der Waals surface area contributed by atoms with Crippen LogP contribution in [-0.4, -0.2) is 21.8 Å². The van der Waals surface area contributed by atoms with Crippen molar-refractivity contribution in [1.82, 2.24) is 4.98 Å². The second-order valence-corrected chi connectivity index (χ2v) is 7.00. The molecule has 0 bridgehead atoms. The molecule has 3 rings (SSSR count). The van der Waals surface area contributed by atoms with Crippen LogP contribution < -0.4 is 10.5 Å². The number of carboxylic acids is 1. The smallest absolute Gasteiger partial charge is 0.355 e. The zero-order chi connectivity index (χ0) is 18.5. The summed E-state index contributed by atoms with van der Waals surface area (Å²) in [5.74, 6) is -1.06. The molecule has 0 fully saturated rings. The minimum Gasteiger partial charge on any atom is -0.476 e. The molecule has 0 aliphatic carbocycles. The maximum Gasteiger partial charge on any atom is 0.355 e. The topological polar surface area (TPSA) is 112 Å². The second kappa shape index (κ2) is 8.13. The molecule has 26 heavy (non-hydrogen) atoms. The van der Waals surface area contributed by atoms with Crippen molar-refractivity contribution < 1.29 is 9.90 Å². The third-order valence-corrected chi connectivity index (χ3v) is 4.96. The molecule has 0 amide bonds. The van der Waals surface area contributed by atoms with Crippen molar-refractivity contribution in [3.63, 3.8) is 0 Å². The number of carboxylic acid groups (broad SMARTS) is 1. The molecule has 0 spiro atoms. The molecule has 1 heterocycles. The Kier molecular flexibility index (Phi) is 5.67. The lowest BCUT2D eigenvalue weighted by Gasteiger charge is -2.11. The molecule has 0 unspecified atom stereocenters. The van der Waals surface area contributed by atoms with Crippen molar-refractivity contribution in [1.29, 1.82) is 5.41 Å². The van der Waals surface area contributed by atoms with Crippen LogP contribution in [0, 0.1) is 5.41 Å². The summed E-state index contributed by atoms with van der Waals surface area (Å²) in [6.07, 6.45) is 0.479. The van der Waals surface area contributed by atoms with Crippen LogP contribution in [0.3, 0.4) is 0 Å². The normalized spacial score (nSPS) is 10.5. The van der Waals surface area contributed by atoms with Crippen LogP contribution in [-0.2, 0) is 6.42 Å². The van der Waals surface area contributed by atoms with Crippen LogP contribution in [0.5, 0.6) is 0 Å². The number of nitrogens with one attached hydrogen (secondary N) is 2. The van der Waals surface area contributed by atoms with Gasteiger partial charge in [0.15, 0.2) is 10.8 Å². The number of carbonyl (C=O) groups is 1. The number of nitrogens with zero attached hydrogens (tertiary/aromatic N) is 1. The highest BCUT2D eigenvalue weighted by Crippen LogP contribution is 2.25. The van der Waals surface area contributed by atoms with E-state index in [-0.39, 0.29) is 5.69 Å². The summed E-state index contributed by atoms with van der Waals surface area (Å²) in [6, 6.07) is 15.2. The third kappa shape index (κ3) is 4.29. The Balaban J connectivity index is 1.78. The molecular weight excluding hydrogens is 368 g/mol. The first-order valence-electron chi connectivity index (χ1n) is 7.65. The Morgan fingerprint density at radius 2 is 1.96 bits per heavy atom. The molecule has 5 N–H and O–H groups in total. The minimum atomic E-state index is -1.06. The van der Waals surface area contributed by atoms with Crippen LogP contribution in [0.4, 0.5) is 10.8 Å². The van der Waals surface area contributed by atoms with Gasteiger partial charge in [0, 0.05) is 33.7 Å². The largest absolute Gasteiger partial charge is 0.476 e. The van der Waals surface area contributed by atoms with E-state index < -0.39 is 5.97 Å². The lowest BCUT2D eigenvalue weighted by atomic mass is 10.0. The molecular formula is C18H16N4O2S2. The first-order valence-corrected chi connectivity index (χ1v) is 9.41. The molecule has 1 aromatic heterocycles. The van der Waals surface area contributed by atoms with E-state index in [1.165, 1.54) is 28.7 Å². The van der Waals surface area contributed by atoms with E-state index in [2.05, 4.69) is 10.3 Å². The molecule has 0 atom stereocenters. The summed E-state index contributed by atoms with van der Waals surface area (Å²) in [7, 11) is 0. The average molecular weight is 384 g/mol. The molecule has 3 aromatic rings. The van der Waals surface area contributed by atoms with E-state index >= 15 is 0 Å². The maximum absolute atomic E-state index is 11.0. The molecule has 132 valence electrons. The molecule has 6 nitrogen and oxygen atoms in total. The first-order chi connectivity index (χ1) is 12.6. The summed E-state index contributed by atoms with van der Waals surface area (Å²) >= 11 is 2.40. The summed E-state index contributed by atoms with van der Waals surface area (Å²) in [4.78, 5) is 16.0. The monoisotopic (exact) mass is 384 g/mol. The zero-order valence-electron chi connectivity index (χ0n) is 13.6. The van der Waals surface area contributed by atoms with Crippen LogP contribution in [0.1, 0.15) is 21.6 Å². The fourth-order valence-electron chi connectivity index (χ4n) is 2.39. The highest BCUT2D eigenvalue weighted by molar-refractivity contribution is 7.97. The van der Waals surface area contributed by atoms with Crippen LogP contribution >= 0.6 is 23.3 Å². The Labute approximate surface area is 158 Å². The molecule has 0 saturated heterocycles. The number of hydrogen-bond acceptors (Lipinski definition) is 7. The highest BCUT2D eigenvalue weighted by Gasteiger charge is 2.12. The van der Waals surface area contributed by atoms with Crippen molar-refractivity contribution in [3.8, 4) is 0 Å². The standard InChI is InChI=1S/C18H16N4O2S2/c19-14(9-11-5-7-12(26-20)8-6-11)13-3-1-2-4-15(13)21-18-22-16(10-25-18)17(23)24/h1-8,10,19H,9,20H2,(H,21,22)(H,23,24). The second-order valence-electron chi connectivity index (χ2n) is 5.43. The van der Waals surface area contributed by atoms with Gasteiger partial charge < -0.3 is 15.8 Å². The van der Waals surface area contributed by atoms with Gasteiger partial charge in [-0.2, -0.15) is 0 Å². The average Bonchev–Trinajstić information content (AvgIpc) is 3.11. The van der Waals surface area contributed by atoms with Crippen molar-refractivity contribution in [2.45, 2.75) is 11.3 Å². The number of thiazole rings is 1. The number of hydrogen-bond donors (Lipinski definition) is 4. The summed E-state index contributed by atoms with van der Waals surface area (Å²) in [5, 5.41) is 28.1. The Hall–Kier alpha value is -2.68. The van der Waals surface area contributed by atoms with Gasteiger partial charge in [0.1, 0.15) is 0 Å². The Morgan fingerprint density at radius 3 is 2.62 bits per heavy atom. The molecule has 8 heteroatoms. The van der Waals surface area contributed by atoms with Crippen molar-refractivity contribution in [2.75, 3.05) is 5.32 Å². The van der Waals surface area contributed by atoms with Gasteiger partial charge >= 0.3 is 5.97 Å². The molecule has 0 aliphatic heterocycles. The molecule has 0 radical (unpaired) electrons. The first kappa shape index (κ1) is 18.1. The van der Waals surface area contributed by atoms with E-state index in [0.29, 0.717) is 17.3 Å². The van der Waals surface area contributed by atoms with Gasteiger partial charge in [-0.3, -0.25) is 5.14 Å². The quantitative estimate of drug-likeness (QED) is 0.359. The molecule has 2 aromatic carbocycles. The van der Waals surface area contributed by atoms with Gasteiger partial charge in [-0.05, 0) is 35.7 Å². The van der Waals surface area contributed by atoms with E-state index in [4.69, 9.17) is 15.7 Å². The minimum absolute atomic E-state index is 0.00270. The lowest BCUT2D eigenvalue weighted by Crippen LogP contribution is -2.07. The van der Waals surface area contributed by atoms with Crippen molar-refractivity contribution >= 4 is 45.8 Å². The van der Waals surface area contributed by atoms with Gasteiger partial charge in [-0.1, -0.05) is 30.3 Å². The van der Waals surface area contributed by atoms with Gasteiger partial charge in [-0.15, -0.1) is 11.3 Å². The maximum atomic E-state index is 11.0. The fourth-order valence-corrected chi connectivity index (χ4v) is 3.38. The summed E-state index contributed by atoms with van der Waals surface area (Å²) in [5.41, 5.74) is 2.94. The fraction of sp³-hybridized carbons (Fsp3) is 0.0556. The number of para-hydroxylation sites is 1. The van der Waals surface area contributed by atoms with Gasteiger partial charge in [-0.25, -0.2) is 9.78 Å². The summed E-state index contributed by atoms with van der Waals surface area (Å²) < 4.78 is 0. The summed E-state index contributed by atoms with van der Waals surface area (Å²) in [6.45, 7) is 0.